The molecule has 0 aliphatic rings. The van der Waals surface area contributed by atoms with Crippen LogP contribution in [0.25, 0.3) is 0 Å². The summed E-state index contributed by atoms with van der Waals surface area (Å²) in [4.78, 5) is 12.9. The number of amides is 1. The molecule has 0 bridgehead atoms. The molecule has 27 heavy (non-hydrogen) atoms. The van der Waals surface area contributed by atoms with Gasteiger partial charge in [-0.15, -0.1) is 0 Å². The number of hydrogen-bond acceptors (Lipinski definition) is 4. The summed E-state index contributed by atoms with van der Waals surface area (Å²) in [5.74, 6) is 0.159. The number of anilines is 1. The zero-order chi connectivity index (χ0) is 20.2. The molecule has 0 heterocycles. The molecule has 0 radical (unpaired) electrons. The van der Waals surface area contributed by atoms with Crippen molar-refractivity contribution in [1.82, 2.24) is 4.31 Å². The zero-order valence-electron chi connectivity index (χ0n) is 16.4. The maximum atomic E-state index is 12.8. The quantitative estimate of drug-likeness (QED) is 0.784. The van der Waals surface area contributed by atoms with Gasteiger partial charge in [0.05, 0.1) is 17.7 Å². The summed E-state index contributed by atoms with van der Waals surface area (Å²) in [6.07, 6.45) is 0. The molecule has 0 aliphatic carbocycles. The maximum absolute atomic E-state index is 12.8. The average Bonchev–Trinajstić information content (AvgIpc) is 2.62. The highest BCUT2D eigenvalue weighted by atomic mass is 32.2. The molecule has 0 unspecified atom stereocenters. The summed E-state index contributed by atoms with van der Waals surface area (Å²) in [6, 6.07) is 10.1. The highest BCUT2D eigenvalue weighted by molar-refractivity contribution is 7.89. The van der Waals surface area contributed by atoms with Crippen LogP contribution in [0.5, 0.6) is 5.75 Å². The van der Waals surface area contributed by atoms with Crippen molar-refractivity contribution in [3.63, 3.8) is 0 Å². The average molecular weight is 391 g/mol. The Labute approximate surface area is 161 Å². The van der Waals surface area contributed by atoms with E-state index in [0.29, 0.717) is 35.7 Å². The zero-order valence-corrected chi connectivity index (χ0v) is 17.2. The molecule has 0 aromatic heterocycles. The first-order valence-electron chi connectivity index (χ1n) is 8.81. The molecule has 0 spiro atoms. The van der Waals surface area contributed by atoms with Crippen LogP contribution in [0, 0.1) is 13.8 Å². The van der Waals surface area contributed by atoms with Crippen molar-refractivity contribution in [2.24, 2.45) is 0 Å². The van der Waals surface area contributed by atoms with Crippen LogP contribution >= 0.6 is 0 Å². The van der Waals surface area contributed by atoms with E-state index in [-0.39, 0.29) is 10.8 Å². The smallest absolute Gasteiger partial charge is 0.256 e. The van der Waals surface area contributed by atoms with Crippen LogP contribution in [-0.4, -0.2) is 38.8 Å². The fourth-order valence-electron chi connectivity index (χ4n) is 2.83. The first kappa shape index (κ1) is 20.9. The van der Waals surface area contributed by atoms with E-state index in [4.69, 9.17) is 4.74 Å². The number of rotatable bonds is 7. The number of hydrogen-bond donors (Lipinski definition) is 1. The number of sulfonamides is 1. The van der Waals surface area contributed by atoms with E-state index < -0.39 is 10.0 Å². The molecule has 7 heteroatoms. The van der Waals surface area contributed by atoms with Gasteiger partial charge in [-0.2, -0.15) is 4.31 Å². The number of methoxy groups -OCH3 is 1. The van der Waals surface area contributed by atoms with Crippen LogP contribution in [0.3, 0.4) is 0 Å². The van der Waals surface area contributed by atoms with Crippen molar-refractivity contribution >= 4 is 21.6 Å². The van der Waals surface area contributed by atoms with Crippen LogP contribution in [0.2, 0.25) is 0 Å². The largest absolute Gasteiger partial charge is 0.495 e. The number of benzene rings is 2. The van der Waals surface area contributed by atoms with Crippen LogP contribution in [0.4, 0.5) is 5.69 Å². The van der Waals surface area contributed by atoms with Crippen LogP contribution in [0.1, 0.15) is 35.3 Å². The second kappa shape index (κ2) is 8.54. The first-order chi connectivity index (χ1) is 12.7. The molecular weight excluding hydrogens is 364 g/mol. The van der Waals surface area contributed by atoms with Gasteiger partial charge < -0.3 is 10.1 Å². The Morgan fingerprint density at radius 3 is 2.33 bits per heavy atom. The Kier molecular flexibility index (Phi) is 6.62. The number of ether oxygens (including phenoxy) is 1. The molecule has 0 saturated carbocycles. The van der Waals surface area contributed by atoms with Crippen molar-refractivity contribution in [2.75, 3.05) is 25.5 Å². The lowest BCUT2D eigenvalue weighted by Gasteiger charge is -2.19. The van der Waals surface area contributed by atoms with Crippen LogP contribution in [-0.2, 0) is 10.0 Å². The second-order valence-electron chi connectivity index (χ2n) is 6.22. The fourth-order valence-corrected chi connectivity index (χ4v) is 4.31. The SMILES string of the molecule is CCN(CC)S(=O)(=O)c1ccc(C)c(C(=O)Nc2cc(C)ccc2OC)c1. The summed E-state index contributed by atoms with van der Waals surface area (Å²) < 4.78 is 32.2. The van der Waals surface area contributed by atoms with Gasteiger partial charge in [-0.25, -0.2) is 8.42 Å². The van der Waals surface area contributed by atoms with Gasteiger partial charge in [0.1, 0.15) is 5.75 Å². The lowest BCUT2D eigenvalue weighted by molar-refractivity contribution is 0.102. The van der Waals surface area contributed by atoms with E-state index in [0.717, 1.165) is 5.56 Å². The molecule has 0 atom stereocenters. The summed E-state index contributed by atoms with van der Waals surface area (Å²) in [6.45, 7) is 8.00. The predicted octanol–water partition coefficient (Wildman–Crippen LogP) is 3.59. The van der Waals surface area contributed by atoms with Gasteiger partial charge in [0.2, 0.25) is 10.0 Å². The second-order valence-corrected chi connectivity index (χ2v) is 8.16. The molecule has 1 N–H and O–H groups in total. The normalized spacial score (nSPS) is 11.5. The molecule has 146 valence electrons. The van der Waals surface area contributed by atoms with Gasteiger partial charge in [-0.3, -0.25) is 4.79 Å². The molecule has 0 aliphatic heterocycles. The standard InChI is InChI=1S/C20H26N2O4S/c1-6-22(7-2)27(24,25)16-10-9-15(4)17(13-16)20(23)21-18-12-14(3)8-11-19(18)26-5/h8-13H,6-7H2,1-5H3,(H,21,23). The van der Waals surface area contributed by atoms with Crippen molar-refractivity contribution in [3.8, 4) is 5.75 Å². The van der Waals surface area contributed by atoms with Crippen molar-refractivity contribution in [1.29, 1.82) is 0 Å². The molecule has 0 fully saturated rings. The Morgan fingerprint density at radius 2 is 1.74 bits per heavy atom. The molecule has 2 aromatic rings. The highest BCUT2D eigenvalue weighted by Gasteiger charge is 2.23. The van der Waals surface area contributed by atoms with E-state index in [9.17, 15) is 13.2 Å². The van der Waals surface area contributed by atoms with E-state index in [2.05, 4.69) is 5.32 Å². The molecular formula is C20H26N2O4S. The fraction of sp³-hybridized carbons (Fsp3) is 0.350. The lowest BCUT2D eigenvalue weighted by atomic mass is 10.1. The molecule has 0 saturated heterocycles. The molecule has 1 amide bonds. The van der Waals surface area contributed by atoms with Gasteiger partial charge >= 0.3 is 0 Å². The van der Waals surface area contributed by atoms with Gasteiger partial charge in [-0.05, 0) is 49.2 Å². The van der Waals surface area contributed by atoms with Crippen LogP contribution in [0.15, 0.2) is 41.3 Å². The minimum absolute atomic E-state index is 0.109. The number of nitrogens with zero attached hydrogens (tertiary/aromatic N) is 1. The number of carbonyl (C=O) groups is 1. The van der Waals surface area contributed by atoms with Crippen molar-refractivity contribution in [3.05, 3.63) is 53.1 Å². The predicted molar refractivity (Wildman–Crippen MR) is 107 cm³/mol. The Balaban J connectivity index is 2.42. The highest BCUT2D eigenvalue weighted by Crippen LogP contribution is 2.27. The van der Waals surface area contributed by atoms with E-state index in [1.54, 1.807) is 32.9 Å². The number of carbonyl (C=O) groups excluding carboxylic acids is 1. The van der Waals surface area contributed by atoms with Crippen molar-refractivity contribution < 1.29 is 17.9 Å². The molecule has 2 rings (SSSR count). The number of aryl methyl sites for hydroxylation is 2. The van der Waals surface area contributed by atoms with Gasteiger partial charge in [0.25, 0.3) is 5.91 Å². The Morgan fingerprint density at radius 1 is 1.07 bits per heavy atom. The summed E-state index contributed by atoms with van der Waals surface area (Å²) >= 11 is 0. The topological polar surface area (TPSA) is 75.7 Å². The van der Waals surface area contributed by atoms with Crippen molar-refractivity contribution in [2.45, 2.75) is 32.6 Å². The van der Waals surface area contributed by atoms with Gasteiger partial charge in [0.15, 0.2) is 0 Å². The van der Waals surface area contributed by atoms with Gasteiger partial charge in [0, 0.05) is 18.7 Å². The maximum Gasteiger partial charge on any atom is 0.256 e. The minimum Gasteiger partial charge on any atom is -0.495 e. The first-order valence-corrected chi connectivity index (χ1v) is 10.2. The van der Waals surface area contributed by atoms with Gasteiger partial charge in [-0.1, -0.05) is 26.0 Å². The molecule has 2 aromatic carbocycles. The van der Waals surface area contributed by atoms with E-state index >= 15 is 0 Å². The Bertz CT molecular complexity index is 935. The monoisotopic (exact) mass is 390 g/mol. The third kappa shape index (κ3) is 4.48. The summed E-state index contributed by atoms with van der Waals surface area (Å²) in [7, 11) is -2.11. The third-order valence-corrected chi connectivity index (χ3v) is 6.45. The van der Waals surface area contributed by atoms with E-state index in [1.807, 2.05) is 19.1 Å². The summed E-state index contributed by atoms with van der Waals surface area (Å²) in [5, 5.41) is 2.82. The van der Waals surface area contributed by atoms with E-state index in [1.165, 1.54) is 23.5 Å². The minimum atomic E-state index is -3.64. The summed E-state index contributed by atoms with van der Waals surface area (Å²) in [5.41, 5.74) is 2.52. The Hall–Kier alpha value is -2.38. The lowest BCUT2D eigenvalue weighted by Crippen LogP contribution is -2.30. The number of nitrogens with one attached hydrogen (secondary N) is 1. The van der Waals surface area contributed by atoms with Crippen LogP contribution < -0.4 is 10.1 Å². The third-order valence-electron chi connectivity index (χ3n) is 4.40. The molecule has 6 nitrogen and oxygen atoms in total.